The second-order valence-corrected chi connectivity index (χ2v) is 9.64. The molecular formula is C37H106. The average molecular weight is 551 g/mol. The molecule has 0 amide bonds. The Bertz CT molecular complexity index is 274. The highest BCUT2D eigenvalue weighted by Gasteiger charge is 2.29. The van der Waals surface area contributed by atoms with Gasteiger partial charge in [-0.05, 0) is 35.5 Å². The van der Waals surface area contributed by atoms with Crippen LogP contribution in [0.3, 0.4) is 0 Å². The molecule has 0 heterocycles. The van der Waals surface area contributed by atoms with Crippen LogP contribution in [0, 0.1) is 16.2 Å². The summed E-state index contributed by atoms with van der Waals surface area (Å²) in [6.45, 7) is 19.3. The normalized spacial score (nSPS) is 9.41. The number of hydrogen-bond donors (Lipinski definition) is 0. The summed E-state index contributed by atoms with van der Waals surface area (Å²) in [7, 11) is 0. The molecular weight excluding hydrogens is 444 g/mol. The van der Waals surface area contributed by atoms with Crippen LogP contribution >= 0.6 is 0 Å². The fourth-order valence-electron chi connectivity index (χ4n) is 3.53. The van der Waals surface area contributed by atoms with Crippen LogP contribution in [0.5, 0.6) is 0 Å². The number of hydrogen-bond acceptors (Lipinski definition) is 0. The van der Waals surface area contributed by atoms with Gasteiger partial charge in [0, 0.05) is 0 Å². The topological polar surface area (TPSA) is 0 Å². The van der Waals surface area contributed by atoms with Crippen molar-refractivity contribution in [2.24, 2.45) is 16.2 Å². The Labute approximate surface area is 253 Å². The molecule has 0 saturated carbocycles. The molecule has 0 aromatic heterocycles. The third-order valence-corrected chi connectivity index (χ3v) is 6.31. The maximum absolute atomic E-state index is 2.52. The average Bonchev–Trinajstić information content (AvgIpc) is 2.45. The van der Waals surface area contributed by atoms with E-state index in [1.165, 1.54) is 70.6 Å². The fraction of sp³-hybridized carbons (Fsp3) is 1.00. The van der Waals surface area contributed by atoms with E-state index < -0.39 is 0 Å². The summed E-state index contributed by atoms with van der Waals surface area (Å²) in [4.78, 5) is 0. The Kier molecular flexibility index (Phi) is 154. The molecule has 0 aliphatic carbocycles. The van der Waals surface area contributed by atoms with Crippen molar-refractivity contribution in [3.05, 3.63) is 0 Å². The molecule has 0 N–H and O–H groups in total. The van der Waals surface area contributed by atoms with Gasteiger partial charge in [-0.2, -0.15) is 0 Å². The van der Waals surface area contributed by atoms with Gasteiger partial charge < -0.3 is 0 Å². The Morgan fingerprint density at radius 2 is 0.595 bits per heavy atom. The molecule has 37 heavy (non-hydrogen) atoms. The van der Waals surface area contributed by atoms with Gasteiger partial charge in [-0.15, -0.1) is 0 Å². The molecule has 0 aliphatic rings. The summed E-state index contributed by atoms with van der Waals surface area (Å²) in [5.74, 6) is 0. The zero-order chi connectivity index (χ0) is 17.3. The molecule has 1 unspecified atom stereocenters. The van der Waals surface area contributed by atoms with Gasteiger partial charge in [0.1, 0.15) is 0 Å². The monoisotopic (exact) mass is 551 g/mol. The largest absolute Gasteiger partial charge is 0.0776 e. The molecule has 0 rings (SSSR count). The van der Waals surface area contributed by atoms with Crippen molar-refractivity contribution in [2.75, 3.05) is 0 Å². The van der Waals surface area contributed by atoms with Crippen molar-refractivity contribution in [3.63, 3.8) is 0 Å². The fourth-order valence-corrected chi connectivity index (χ4v) is 3.53. The minimum Gasteiger partial charge on any atom is -0.0776 e. The van der Waals surface area contributed by atoms with Crippen molar-refractivity contribution < 1.29 is 0 Å². The van der Waals surface area contributed by atoms with Crippen LogP contribution in [0.1, 0.15) is 237 Å². The van der Waals surface area contributed by atoms with Gasteiger partial charge in [0.05, 0.1) is 0 Å². The summed E-state index contributed by atoms with van der Waals surface area (Å²) in [6.07, 6.45) is 15.3. The molecule has 0 bridgehead atoms. The van der Waals surface area contributed by atoms with Crippen LogP contribution in [-0.2, 0) is 0 Å². The first-order chi connectivity index (χ1) is 10.1. The lowest BCUT2D eigenvalue weighted by atomic mass is 9.69. The van der Waals surface area contributed by atoms with Gasteiger partial charge in [-0.25, -0.2) is 0 Å². The first-order valence-corrected chi connectivity index (χ1v) is 10.1. The van der Waals surface area contributed by atoms with E-state index in [4.69, 9.17) is 0 Å². The Morgan fingerprint density at radius 1 is 0.324 bits per heavy atom. The van der Waals surface area contributed by atoms with E-state index in [9.17, 15) is 0 Å². The summed E-state index contributed by atoms with van der Waals surface area (Å²) in [5, 5.41) is 0. The van der Waals surface area contributed by atoms with Gasteiger partial charge in [0.25, 0.3) is 0 Å². The minimum absolute atomic E-state index is 0. The first kappa shape index (κ1) is 109. The second kappa shape index (κ2) is 52.4. The molecule has 0 aromatic carbocycles. The van der Waals surface area contributed by atoms with Gasteiger partial charge in [-0.3, -0.25) is 0 Å². The quantitative estimate of drug-likeness (QED) is 0.200. The molecule has 0 fully saturated rings. The van der Waals surface area contributed by atoms with Crippen LogP contribution < -0.4 is 0 Å². The van der Waals surface area contributed by atoms with Crippen molar-refractivity contribution in [1.29, 1.82) is 0 Å². The van der Waals surface area contributed by atoms with Gasteiger partial charge in [0.2, 0.25) is 0 Å². The van der Waals surface area contributed by atoms with Crippen LogP contribution in [0.25, 0.3) is 0 Å². The minimum atomic E-state index is 0. The van der Waals surface area contributed by atoms with Crippen molar-refractivity contribution in [2.45, 2.75) is 237 Å². The van der Waals surface area contributed by atoms with Crippen LogP contribution in [0.15, 0.2) is 0 Å². The Hall–Kier alpha value is 0. The molecule has 0 aliphatic heterocycles. The smallest absolute Gasteiger partial charge is 0.0323 e. The number of unbranched alkanes of at least 4 members (excludes halogenated alkanes) is 4. The maximum atomic E-state index is 2.52. The summed E-state index contributed by atoms with van der Waals surface area (Å²) >= 11 is 0. The lowest BCUT2D eigenvalue weighted by molar-refractivity contribution is 0.149. The summed E-state index contributed by atoms with van der Waals surface area (Å²) < 4.78 is 0. The lowest BCUT2D eigenvalue weighted by Gasteiger charge is -2.37. The molecule has 0 nitrogen and oxygen atoms in total. The molecule has 0 saturated heterocycles. The predicted molar refractivity (Wildman–Crippen MR) is 204 cm³/mol. The van der Waals surface area contributed by atoms with E-state index in [0.717, 1.165) is 0 Å². The molecule has 1 atom stereocenters. The standard InChI is InChI=1S/C22H46.15CH4/c1-9-20(4,5)17-15-13-12-14-16-18-22(8,11-3)19-21(6,7)10-2;;;;;;;;;;;;;;;/h9-19H2,1-8H3;15*1H4. The van der Waals surface area contributed by atoms with E-state index in [1.807, 2.05) is 0 Å². The third kappa shape index (κ3) is 57.1. The lowest BCUT2D eigenvalue weighted by Crippen LogP contribution is -2.24. The summed E-state index contributed by atoms with van der Waals surface area (Å²) in [6, 6.07) is 0. The van der Waals surface area contributed by atoms with Crippen molar-refractivity contribution >= 4 is 0 Å². The molecule has 0 heteroatoms. The van der Waals surface area contributed by atoms with E-state index in [0.29, 0.717) is 16.2 Å². The second-order valence-electron chi connectivity index (χ2n) is 9.64. The molecule has 0 aromatic rings. The van der Waals surface area contributed by atoms with Crippen LogP contribution in [0.2, 0.25) is 0 Å². The highest BCUT2D eigenvalue weighted by Crippen LogP contribution is 2.42. The SMILES string of the molecule is C.C.C.C.C.C.C.C.C.C.C.C.C.C.C.CCC(C)(C)CCCCCCCC(C)(CC)CC(C)(C)CC. The van der Waals surface area contributed by atoms with Gasteiger partial charge in [-0.1, -0.05) is 218 Å². The zero-order valence-electron chi connectivity index (χ0n) is 17.3. The van der Waals surface area contributed by atoms with Crippen molar-refractivity contribution in [1.82, 2.24) is 0 Å². The highest BCUT2D eigenvalue weighted by atomic mass is 14.3. The summed E-state index contributed by atoms with van der Waals surface area (Å²) in [5.41, 5.74) is 1.63. The Balaban J connectivity index is -0.0000000210. The predicted octanol–water partition coefficient (Wildman–Crippen LogP) is 17.9. The zero-order valence-corrected chi connectivity index (χ0v) is 17.3. The number of rotatable bonds is 13. The van der Waals surface area contributed by atoms with Gasteiger partial charge in [0.15, 0.2) is 0 Å². The maximum Gasteiger partial charge on any atom is -0.0323 e. The van der Waals surface area contributed by atoms with Crippen molar-refractivity contribution in [3.8, 4) is 0 Å². The van der Waals surface area contributed by atoms with Crippen LogP contribution in [-0.4, -0.2) is 0 Å². The van der Waals surface area contributed by atoms with E-state index >= 15 is 0 Å². The first-order valence-electron chi connectivity index (χ1n) is 10.1. The van der Waals surface area contributed by atoms with Crippen LogP contribution in [0.4, 0.5) is 0 Å². The van der Waals surface area contributed by atoms with Gasteiger partial charge >= 0.3 is 0 Å². The highest BCUT2D eigenvalue weighted by molar-refractivity contribution is 4.81. The third-order valence-electron chi connectivity index (χ3n) is 6.31. The van der Waals surface area contributed by atoms with E-state index in [2.05, 4.69) is 55.4 Å². The molecule has 0 radical (unpaired) electrons. The Morgan fingerprint density at radius 3 is 0.865 bits per heavy atom. The van der Waals surface area contributed by atoms with E-state index in [1.54, 1.807) is 0 Å². The van der Waals surface area contributed by atoms with E-state index in [-0.39, 0.29) is 111 Å². The molecule has 0 spiro atoms. The molecule has 254 valence electrons.